The molecule has 0 saturated carbocycles. The van der Waals surface area contributed by atoms with Gasteiger partial charge in [0.05, 0.1) is 37.4 Å². The molecule has 1 aliphatic carbocycles. The van der Waals surface area contributed by atoms with Gasteiger partial charge in [-0.25, -0.2) is 4.79 Å². The van der Waals surface area contributed by atoms with E-state index in [1.165, 1.54) is 4.57 Å². The predicted octanol–water partition coefficient (Wildman–Crippen LogP) is 2.36. The third-order valence-electron chi connectivity index (χ3n) is 5.98. The number of ketones is 1. The summed E-state index contributed by atoms with van der Waals surface area (Å²) >= 11 is 0. The largest absolute Gasteiger partial charge is 0.496 e. The maximum atomic E-state index is 13.5. The van der Waals surface area contributed by atoms with Crippen LogP contribution in [0.25, 0.3) is 5.70 Å². The van der Waals surface area contributed by atoms with Crippen LogP contribution in [0, 0.1) is 0 Å². The van der Waals surface area contributed by atoms with Crippen molar-refractivity contribution >= 4 is 17.3 Å². The number of carbonyl (C=O) groups is 1. The molecule has 2 aliphatic rings. The number of benzene rings is 2. The van der Waals surface area contributed by atoms with Gasteiger partial charge in [0, 0.05) is 29.4 Å². The van der Waals surface area contributed by atoms with E-state index < -0.39 is 17.2 Å². The molecule has 0 saturated heterocycles. The summed E-state index contributed by atoms with van der Waals surface area (Å²) in [6.07, 6.45) is 0. The molecular weight excluding hydrogens is 410 g/mol. The average Bonchev–Trinajstić information content (AvgIpc) is 3.09. The zero-order valence-electron chi connectivity index (χ0n) is 17.6. The molecule has 0 fully saturated rings. The van der Waals surface area contributed by atoms with Crippen molar-refractivity contribution in [3.8, 4) is 5.75 Å². The number of ether oxygens (including phenoxy) is 2. The fraction of sp³-hybridized carbons (Fsp3) is 0.208. The number of nitrogens with zero attached hydrogens (tertiary/aromatic N) is 1. The van der Waals surface area contributed by atoms with Gasteiger partial charge in [0.25, 0.3) is 5.56 Å². The van der Waals surface area contributed by atoms with Crippen LogP contribution in [-0.4, -0.2) is 36.2 Å². The third-order valence-corrected chi connectivity index (χ3v) is 5.98. The number of Topliss-reactive ketones (excluding diaryl/α,β-unsaturated/α-hetero) is 1. The molecule has 8 nitrogen and oxygen atoms in total. The number of carbonyl (C=O) groups excluding carboxylic acids is 1. The number of nitrogens with one attached hydrogen (secondary N) is 2. The highest BCUT2D eigenvalue weighted by atomic mass is 16.5. The predicted molar refractivity (Wildman–Crippen MR) is 119 cm³/mol. The lowest BCUT2D eigenvalue weighted by Gasteiger charge is -2.30. The summed E-state index contributed by atoms with van der Waals surface area (Å²) in [5, 5.41) is 3.25. The molecule has 32 heavy (non-hydrogen) atoms. The van der Waals surface area contributed by atoms with Crippen molar-refractivity contribution in [2.45, 2.75) is 12.5 Å². The first kappa shape index (κ1) is 20.0. The first-order valence-corrected chi connectivity index (χ1v) is 10.2. The standard InChI is InChI=1S/C24H21N3O5/c1-31-12-11-27-22-19(23(29)26-24(27)30)17(15-9-5-6-10-16(15)32-2)18-20(25-22)13-7-3-4-8-14(13)21(18)28/h3-10,17,25H,11-12H2,1-2H3,(H,26,29,30)/t17-/m0/s1. The Morgan fingerprint density at radius 2 is 1.69 bits per heavy atom. The van der Waals surface area contributed by atoms with Crippen molar-refractivity contribution < 1.29 is 14.3 Å². The van der Waals surface area contributed by atoms with Crippen molar-refractivity contribution in [1.29, 1.82) is 0 Å². The van der Waals surface area contributed by atoms with Crippen LogP contribution >= 0.6 is 0 Å². The second-order valence-corrected chi connectivity index (χ2v) is 7.63. The van der Waals surface area contributed by atoms with Crippen molar-refractivity contribution in [2.24, 2.45) is 0 Å². The Labute approximate surface area is 183 Å². The van der Waals surface area contributed by atoms with Crippen LogP contribution in [-0.2, 0) is 11.3 Å². The lowest BCUT2D eigenvalue weighted by atomic mass is 9.81. The van der Waals surface area contributed by atoms with Crippen LogP contribution in [0.5, 0.6) is 5.75 Å². The molecule has 1 aromatic heterocycles. The van der Waals surface area contributed by atoms with Crippen LogP contribution in [0.3, 0.4) is 0 Å². The molecule has 0 bridgehead atoms. The zero-order valence-corrected chi connectivity index (χ0v) is 17.6. The second-order valence-electron chi connectivity index (χ2n) is 7.63. The molecule has 0 unspecified atom stereocenters. The van der Waals surface area contributed by atoms with Gasteiger partial charge in [-0.3, -0.25) is 19.1 Å². The van der Waals surface area contributed by atoms with E-state index in [1.807, 2.05) is 36.4 Å². The van der Waals surface area contributed by atoms with Crippen LogP contribution < -0.4 is 21.3 Å². The molecule has 1 aliphatic heterocycles. The Balaban J connectivity index is 1.85. The summed E-state index contributed by atoms with van der Waals surface area (Å²) in [5.74, 6) is 0.0408. The zero-order chi connectivity index (χ0) is 22.4. The number of aromatic nitrogens is 2. The number of anilines is 1. The number of aromatic amines is 1. The minimum Gasteiger partial charge on any atom is -0.496 e. The Kier molecular flexibility index (Phi) is 4.79. The Bertz CT molecular complexity index is 1400. The molecule has 5 rings (SSSR count). The fourth-order valence-electron chi connectivity index (χ4n) is 4.58. The Hall–Kier alpha value is -3.91. The highest BCUT2D eigenvalue weighted by molar-refractivity contribution is 6.23. The first-order valence-electron chi connectivity index (χ1n) is 10.2. The summed E-state index contributed by atoms with van der Waals surface area (Å²) in [6, 6.07) is 14.6. The molecule has 0 radical (unpaired) electrons. The van der Waals surface area contributed by atoms with Gasteiger partial charge >= 0.3 is 5.69 Å². The van der Waals surface area contributed by atoms with E-state index >= 15 is 0 Å². The molecule has 3 aromatic rings. The molecule has 162 valence electrons. The van der Waals surface area contributed by atoms with Gasteiger partial charge in [-0.05, 0) is 6.07 Å². The van der Waals surface area contributed by atoms with Crippen LogP contribution in [0.4, 0.5) is 5.82 Å². The number of allylic oxidation sites excluding steroid dienone is 1. The number of methoxy groups -OCH3 is 2. The van der Waals surface area contributed by atoms with E-state index in [4.69, 9.17) is 9.47 Å². The topological polar surface area (TPSA) is 102 Å². The molecule has 1 atom stereocenters. The number of fused-ring (bicyclic) bond motifs is 3. The smallest absolute Gasteiger partial charge is 0.330 e. The van der Waals surface area contributed by atoms with E-state index in [1.54, 1.807) is 26.4 Å². The van der Waals surface area contributed by atoms with Gasteiger partial charge in [-0.15, -0.1) is 0 Å². The normalized spacial score (nSPS) is 16.3. The number of hydrogen-bond donors (Lipinski definition) is 2. The van der Waals surface area contributed by atoms with E-state index in [0.29, 0.717) is 39.5 Å². The van der Waals surface area contributed by atoms with E-state index in [2.05, 4.69) is 10.3 Å². The number of para-hydroxylation sites is 1. The van der Waals surface area contributed by atoms with Crippen molar-refractivity contribution in [1.82, 2.24) is 9.55 Å². The van der Waals surface area contributed by atoms with Gasteiger partial charge in [0.1, 0.15) is 11.6 Å². The van der Waals surface area contributed by atoms with Gasteiger partial charge in [-0.2, -0.15) is 0 Å². The van der Waals surface area contributed by atoms with Gasteiger partial charge in [0.15, 0.2) is 5.78 Å². The molecule has 0 amide bonds. The summed E-state index contributed by atoms with van der Waals surface area (Å²) < 4.78 is 12.2. The van der Waals surface area contributed by atoms with E-state index in [0.717, 1.165) is 5.56 Å². The van der Waals surface area contributed by atoms with Crippen LogP contribution in [0.1, 0.15) is 33.0 Å². The molecule has 8 heteroatoms. The summed E-state index contributed by atoms with van der Waals surface area (Å²) in [4.78, 5) is 41.8. The third kappa shape index (κ3) is 2.84. The van der Waals surface area contributed by atoms with Crippen molar-refractivity contribution in [2.75, 3.05) is 26.1 Å². The Morgan fingerprint density at radius 1 is 0.969 bits per heavy atom. The average molecular weight is 431 g/mol. The second kappa shape index (κ2) is 7.65. The molecular formula is C24H21N3O5. The number of H-pyrrole nitrogens is 1. The lowest BCUT2D eigenvalue weighted by molar-refractivity contribution is 0.103. The fourth-order valence-corrected chi connectivity index (χ4v) is 4.58. The maximum absolute atomic E-state index is 13.5. The quantitative estimate of drug-likeness (QED) is 0.643. The molecule has 2 N–H and O–H groups in total. The minimum atomic E-state index is -0.713. The first-order chi connectivity index (χ1) is 15.6. The van der Waals surface area contributed by atoms with Crippen molar-refractivity contribution in [3.05, 3.63) is 97.2 Å². The lowest BCUT2D eigenvalue weighted by Crippen LogP contribution is -2.39. The van der Waals surface area contributed by atoms with Gasteiger partial charge in [-0.1, -0.05) is 42.5 Å². The highest BCUT2D eigenvalue weighted by Crippen LogP contribution is 2.49. The SMILES string of the molecule is COCCn1c2c(c(=O)[nH]c1=O)[C@@H](c1ccccc1OC)C1=C(N2)c2ccccc2C1=O. The summed E-state index contributed by atoms with van der Waals surface area (Å²) in [5.41, 5.74) is 2.25. The molecule has 0 spiro atoms. The maximum Gasteiger partial charge on any atom is 0.330 e. The summed E-state index contributed by atoms with van der Waals surface area (Å²) in [6.45, 7) is 0.513. The van der Waals surface area contributed by atoms with E-state index in [-0.39, 0.29) is 18.9 Å². The molecule has 2 heterocycles. The minimum absolute atomic E-state index is 0.154. The van der Waals surface area contributed by atoms with Crippen molar-refractivity contribution in [3.63, 3.8) is 0 Å². The monoisotopic (exact) mass is 431 g/mol. The summed E-state index contributed by atoms with van der Waals surface area (Å²) in [7, 11) is 3.09. The molecule has 2 aromatic carbocycles. The van der Waals surface area contributed by atoms with Gasteiger partial charge in [0.2, 0.25) is 0 Å². The highest BCUT2D eigenvalue weighted by Gasteiger charge is 2.43. The number of hydrogen-bond acceptors (Lipinski definition) is 6. The van der Waals surface area contributed by atoms with Gasteiger partial charge < -0.3 is 14.8 Å². The van der Waals surface area contributed by atoms with E-state index in [9.17, 15) is 14.4 Å². The Morgan fingerprint density at radius 3 is 2.44 bits per heavy atom. The van der Waals surface area contributed by atoms with Crippen LogP contribution in [0.2, 0.25) is 0 Å². The number of rotatable bonds is 5. The van der Waals surface area contributed by atoms with Crippen LogP contribution in [0.15, 0.2) is 63.7 Å².